The predicted molar refractivity (Wildman–Crippen MR) is 142 cm³/mol. The summed E-state index contributed by atoms with van der Waals surface area (Å²) in [5, 5.41) is 11.7. The van der Waals surface area contributed by atoms with Crippen molar-refractivity contribution in [1.29, 1.82) is 0 Å². The Balaban J connectivity index is 2.04. The first-order valence-electron chi connectivity index (χ1n) is 13.7. The topological polar surface area (TPSA) is 207 Å². The van der Waals surface area contributed by atoms with Gasteiger partial charge in [-0.05, 0) is 45.1 Å². The first kappa shape index (κ1) is 30.5. The number of aliphatic imine (C=N–C) groups is 1. The predicted octanol–water partition coefficient (Wildman–Crippen LogP) is -0.988. The molecule has 3 amide bonds. The minimum Gasteiger partial charge on any atom is -0.370 e. The SMILES string of the molecule is CCCC[C@@H]1NC[C@H](C(=O)C2C[C@H](C(=O)NCCCCCCN)NC(=O)[C@H]2CCCN=C(N)N)NC1=O. The highest BCUT2D eigenvalue weighted by Gasteiger charge is 2.45. The molecule has 37 heavy (non-hydrogen) atoms. The summed E-state index contributed by atoms with van der Waals surface area (Å²) >= 11 is 0. The molecule has 0 spiro atoms. The molecule has 0 saturated carbocycles. The fourth-order valence-electron chi connectivity index (χ4n) is 4.98. The number of guanidine groups is 1. The van der Waals surface area contributed by atoms with E-state index in [2.05, 4.69) is 33.2 Å². The molecule has 5 atom stereocenters. The lowest BCUT2D eigenvalue weighted by Crippen LogP contribution is -2.64. The number of ketones is 1. The van der Waals surface area contributed by atoms with Gasteiger partial charge in [-0.25, -0.2) is 0 Å². The maximum atomic E-state index is 13.6. The number of rotatable bonds is 16. The van der Waals surface area contributed by atoms with E-state index in [0.29, 0.717) is 45.4 Å². The monoisotopic (exact) mass is 522 g/mol. The molecule has 2 aliphatic heterocycles. The molecule has 0 bridgehead atoms. The van der Waals surface area contributed by atoms with Crippen molar-refractivity contribution >= 4 is 29.5 Å². The van der Waals surface area contributed by atoms with E-state index in [0.717, 1.165) is 38.5 Å². The van der Waals surface area contributed by atoms with Crippen molar-refractivity contribution in [1.82, 2.24) is 21.3 Å². The number of hydrogen-bond acceptors (Lipinski definition) is 7. The second-order valence-electron chi connectivity index (χ2n) is 10.0. The summed E-state index contributed by atoms with van der Waals surface area (Å²) in [6.45, 7) is 3.85. The Morgan fingerprint density at radius 3 is 2.38 bits per heavy atom. The lowest BCUT2D eigenvalue weighted by molar-refractivity contribution is -0.143. The zero-order chi connectivity index (χ0) is 27.2. The van der Waals surface area contributed by atoms with Crippen molar-refractivity contribution in [2.45, 2.75) is 89.3 Å². The van der Waals surface area contributed by atoms with Crippen LogP contribution in [-0.2, 0) is 19.2 Å². The second kappa shape index (κ2) is 16.2. The quantitative estimate of drug-likeness (QED) is 0.0759. The van der Waals surface area contributed by atoms with E-state index in [1.807, 2.05) is 0 Å². The summed E-state index contributed by atoms with van der Waals surface area (Å²) in [5.41, 5.74) is 16.3. The summed E-state index contributed by atoms with van der Waals surface area (Å²) in [6.07, 6.45) is 7.41. The number of hydrogen-bond donors (Lipinski definition) is 7. The molecule has 10 N–H and O–H groups in total. The van der Waals surface area contributed by atoms with Crippen molar-refractivity contribution in [3.05, 3.63) is 0 Å². The summed E-state index contributed by atoms with van der Waals surface area (Å²) in [4.78, 5) is 56.1. The van der Waals surface area contributed by atoms with Crippen molar-refractivity contribution in [2.24, 2.45) is 34.0 Å². The third kappa shape index (κ3) is 9.92. The summed E-state index contributed by atoms with van der Waals surface area (Å²) in [5.74, 6) is -2.43. The number of piperazine rings is 1. The van der Waals surface area contributed by atoms with E-state index in [4.69, 9.17) is 17.2 Å². The van der Waals surface area contributed by atoms with Crippen LogP contribution in [0.5, 0.6) is 0 Å². The number of nitrogens with one attached hydrogen (secondary N) is 4. The van der Waals surface area contributed by atoms with Crippen LogP contribution in [0.3, 0.4) is 0 Å². The minimum atomic E-state index is -0.802. The Hall–Kier alpha value is -2.73. The van der Waals surface area contributed by atoms with Gasteiger partial charge in [0.2, 0.25) is 17.7 Å². The molecule has 12 heteroatoms. The molecule has 2 heterocycles. The smallest absolute Gasteiger partial charge is 0.242 e. The Morgan fingerprint density at radius 2 is 1.70 bits per heavy atom. The molecule has 0 aromatic carbocycles. The maximum Gasteiger partial charge on any atom is 0.242 e. The van der Waals surface area contributed by atoms with Gasteiger partial charge in [-0.15, -0.1) is 0 Å². The number of nitrogens with two attached hydrogens (primary N) is 3. The Kier molecular flexibility index (Phi) is 13.3. The zero-order valence-electron chi connectivity index (χ0n) is 22.1. The third-order valence-electron chi connectivity index (χ3n) is 7.10. The summed E-state index contributed by atoms with van der Waals surface area (Å²) < 4.78 is 0. The van der Waals surface area contributed by atoms with Crippen LogP contribution in [0.4, 0.5) is 0 Å². The Morgan fingerprint density at radius 1 is 0.973 bits per heavy atom. The van der Waals surface area contributed by atoms with E-state index in [1.165, 1.54) is 0 Å². The van der Waals surface area contributed by atoms with Crippen molar-refractivity contribution in [2.75, 3.05) is 26.2 Å². The number of nitrogens with zero attached hydrogens (tertiary/aromatic N) is 1. The second-order valence-corrected chi connectivity index (χ2v) is 10.0. The molecular formula is C25H46N8O4. The summed E-state index contributed by atoms with van der Waals surface area (Å²) in [7, 11) is 0. The van der Waals surface area contributed by atoms with Gasteiger partial charge in [-0.3, -0.25) is 24.2 Å². The average molecular weight is 523 g/mol. The van der Waals surface area contributed by atoms with Crippen molar-refractivity contribution in [3.63, 3.8) is 0 Å². The van der Waals surface area contributed by atoms with Crippen LogP contribution in [0.15, 0.2) is 4.99 Å². The van der Waals surface area contributed by atoms with Gasteiger partial charge in [-0.2, -0.15) is 0 Å². The zero-order valence-corrected chi connectivity index (χ0v) is 22.1. The van der Waals surface area contributed by atoms with Gasteiger partial charge in [0.25, 0.3) is 0 Å². The van der Waals surface area contributed by atoms with Crippen LogP contribution >= 0.6 is 0 Å². The van der Waals surface area contributed by atoms with E-state index < -0.39 is 23.9 Å². The van der Waals surface area contributed by atoms with Gasteiger partial charge < -0.3 is 38.5 Å². The lowest BCUT2D eigenvalue weighted by atomic mass is 9.75. The molecule has 2 saturated heterocycles. The molecular weight excluding hydrogens is 476 g/mol. The molecule has 0 radical (unpaired) electrons. The molecule has 0 aromatic heterocycles. The molecule has 0 aliphatic carbocycles. The molecule has 2 aliphatic rings. The first-order valence-corrected chi connectivity index (χ1v) is 13.7. The lowest BCUT2D eigenvalue weighted by Gasteiger charge is -2.38. The minimum absolute atomic E-state index is 0.0332. The van der Waals surface area contributed by atoms with Crippen molar-refractivity contribution < 1.29 is 19.2 Å². The largest absolute Gasteiger partial charge is 0.370 e. The highest BCUT2D eigenvalue weighted by atomic mass is 16.2. The van der Waals surface area contributed by atoms with Crippen LogP contribution in [0.2, 0.25) is 0 Å². The summed E-state index contributed by atoms with van der Waals surface area (Å²) in [6, 6.07) is -1.87. The van der Waals surface area contributed by atoms with E-state index in [1.54, 1.807) is 0 Å². The number of unbranched alkanes of at least 4 members (excludes halogenated alkanes) is 4. The van der Waals surface area contributed by atoms with Crippen LogP contribution in [0.1, 0.15) is 71.1 Å². The molecule has 2 fully saturated rings. The van der Waals surface area contributed by atoms with Gasteiger partial charge in [0.1, 0.15) is 12.1 Å². The molecule has 210 valence electrons. The highest BCUT2D eigenvalue weighted by Crippen LogP contribution is 2.30. The normalized spacial score (nSPS) is 25.6. The van der Waals surface area contributed by atoms with E-state index in [9.17, 15) is 19.2 Å². The fourth-order valence-corrected chi connectivity index (χ4v) is 4.98. The number of Topliss-reactive ketones (excluding diaryl/α,β-unsaturated/α-hetero) is 1. The molecule has 2 rings (SSSR count). The number of carbonyl (C=O) groups is 4. The maximum absolute atomic E-state index is 13.6. The standard InChI is InChI=1S/C25H46N8O4/c1-2-3-10-18-24(37)33-20(15-31-18)21(34)17-14-19(23(36)29-12-7-5-4-6-11-26)32-22(35)16(17)9-8-13-30-25(27)28/h16-20,31H,2-15,26H2,1H3,(H,29,36)(H,32,35)(H,33,37)(H4,27,28,30)/t16-,17?,18-,19+,20+/m0/s1. The number of carbonyl (C=O) groups excluding carboxylic acids is 4. The van der Waals surface area contributed by atoms with Gasteiger partial charge in [0.05, 0.1) is 6.04 Å². The molecule has 1 unspecified atom stereocenters. The van der Waals surface area contributed by atoms with E-state index >= 15 is 0 Å². The van der Waals surface area contributed by atoms with Crippen LogP contribution in [0.25, 0.3) is 0 Å². The van der Waals surface area contributed by atoms with Gasteiger partial charge in [0.15, 0.2) is 11.7 Å². The van der Waals surface area contributed by atoms with Crippen molar-refractivity contribution in [3.8, 4) is 0 Å². The number of amides is 3. The average Bonchev–Trinajstić information content (AvgIpc) is 2.87. The van der Waals surface area contributed by atoms with Gasteiger partial charge in [0, 0.05) is 31.5 Å². The number of piperidine rings is 1. The van der Waals surface area contributed by atoms with Crippen LogP contribution < -0.4 is 38.5 Å². The van der Waals surface area contributed by atoms with Gasteiger partial charge >= 0.3 is 0 Å². The molecule has 12 nitrogen and oxygen atoms in total. The third-order valence-corrected chi connectivity index (χ3v) is 7.10. The first-order chi connectivity index (χ1) is 17.8. The highest BCUT2D eigenvalue weighted by molar-refractivity contribution is 5.99. The van der Waals surface area contributed by atoms with Crippen LogP contribution in [-0.4, -0.2) is 73.8 Å². The Labute approximate surface area is 219 Å². The van der Waals surface area contributed by atoms with E-state index in [-0.39, 0.29) is 41.9 Å². The fraction of sp³-hybridized carbons (Fsp3) is 0.800. The van der Waals surface area contributed by atoms with Crippen LogP contribution in [0, 0.1) is 11.8 Å². The Bertz CT molecular complexity index is 802. The molecule has 0 aromatic rings. The van der Waals surface area contributed by atoms with Gasteiger partial charge in [-0.1, -0.05) is 32.6 Å².